The second kappa shape index (κ2) is 6.46. The lowest BCUT2D eigenvalue weighted by Gasteiger charge is -2.20. The van der Waals surface area contributed by atoms with Crippen molar-refractivity contribution in [2.75, 3.05) is 27.3 Å². The Kier molecular flexibility index (Phi) is 4.89. The van der Waals surface area contributed by atoms with Crippen LogP contribution in [0.4, 0.5) is 0 Å². The molecule has 112 valence electrons. The van der Waals surface area contributed by atoms with Crippen molar-refractivity contribution in [3.05, 3.63) is 23.3 Å². The van der Waals surface area contributed by atoms with Gasteiger partial charge in [0.2, 0.25) is 0 Å². The Hall–Kier alpha value is -1.26. The lowest BCUT2D eigenvalue weighted by atomic mass is 10.0. The maximum Gasteiger partial charge on any atom is 0.161 e. The van der Waals surface area contributed by atoms with E-state index in [1.807, 2.05) is 6.07 Å². The van der Waals surface area contributed by atoms with Crippen molar-refractivity contribution in [2.24, 2.45) is 11.7 Å². The van der Waals surface area contributed by atoms with E-state index < -0.39 is 0 Å². The van der Waals surface area contributed by atoms with Crippen LogP contribution in [0.5, 0.6) is 11.5 Å². The fourth-order valence-corrected chi connectivity index (χ4v) is 2.87. The molecule has 2 N–H and O–H groups in total. The van der Waals surface area contributed by atoms with Crippen molar-refractivity contribution in [1.29, 1.82) is 0 Å². The zero-order valence-electron chi connectivity index (χ0n) is 13.0. The van der Waals surface area contributed by atoms with Crippen LogP contribution in [-0.4, -0.2) is 38.3 Å². The number of methoxy groups -OCH3 is 2. The highest BCUT2D eigenvalue weighted by atomic mass is 16.5. The Bertz CT molecular complexity index is 460. The molecule has 20 heavy (non-hydrogen) atoms. The van der Waals surface area contributed by atoms with Gasteiger partial charge in [0.05, 0.1) is 14.2 Å². The van der Waals surface area contributed by atoms with Gasteiger partial charge in [-0.1, -0.05) is 0 Å². The lowest BCUT2D eigenvalue weighted by molar-refractivity contribution is 0.306. The number of nitrogens with two attached hydrogens (primary N) is 1. The first-order valence-corrected chi connectivity index (χ1v) is 7.24. The average molecular weight is 278 g/mol. The number of nitrogens with zero attached hydrogens (tertiary/aromatic N) is 1. The summed E-state index contributed by atoms with van der Waals surface area (Å²) < 4.78 is 10.7. The SMILES string of the molecule is COc1cc(C)c(CN2CCC(C(C)N)C2)cc1OC. The zero-order chi connectivity index (χ0) is 14.7. The van der Waals surface area contributed by atoms with Crippen LogP contribution in [0, 0.1) is 12.8 Å². The standard InChI is InChI=1S/C16H26N2O2/c1-11-7-15(19-3)16(20-4)8-14(11)10-18-6-5-13(9-18)12(2)17/h7-8,12-13H,5-6,9-10,17H2,1-4H3. The molecule has 1 heterocycles. The second-order valence-corrected chi connectivity index (χ2v) is 5.78. The molecule has 1 aromatic rings. The molecule has 2 unspecified atom stereocenters. The van der Waals surface area contributed by atoms with Crippen LogP contribution >= 0.6 is 0 Å². The molecule has 1 aliphatic heterocycles. The first kappa shape index (κ1) is 15.1. The van der Waals surface area contributed by atoms with Crippen LogP contribution in [0.1, 0.15) is 24.5 Å². The van der Waals surface area contributed by atoms with Crippen LogP contribution in [0.3, 0.4) is 0 Å². The molecule has 1 aliphatic rings. The largest absolute Gasteiger partial charge is 0.493 e. The third-order valence-electron chi connectivity index (χ3n) is 4.29. The molecule has 2 rings (SSSR count). The van der Waals surface area contributed by atoms with E-state index in [1.54, 1.807) is 14.2 Å². The summed E-state index contributed by atoms with van der Waals surface area (Å²) in [5.74, 6) is 2.22. The highest BCUT2D eigenvalue weighted by molar-refractivity contribution is 5.47. The predicted molar refractivity (Wildman–Crippen MR) is 81.3 cm³/mol. The van der Waals surface area contributed by atoms with E-state index in [-0.39, 0.29) is 6.04 Å². The molecule has 0 radical (unpaired) electrons. The van der Waals surface area contributed by atoms with E-state index in [1.165, 1.54) is 17.5 Å². The summed E-state index contributed by atoms with van der Waals surface area (Å²) in [6.45, 7) is 7.40. The summed E-state index contributed by atoms with van der Waals surface area (Å²) in [5.41, 5.74) is 8.55. The van der Waals surface area contributed by atoms with Gasteiger partial charge in [0.15, 0.2) is 11.5 Å². The fourth-order valence-electron chi connectivity index (χ4n) is 2.87. The van der Waals surface area contributed by atoms with Gasteiger partial charge in [-0.2, -0.15) is 0 Å². The number of likely N-dealkylation sites (tertiary alicyclic amines) is 1. The number of aryl methyl sites for hydroxylation is 1. The molecule has 1 saturated heterocycles. The normalized spacial score (nSPS) is 20.9. The monoisotopic (exact) mass is 278 g/mol. The highest BCUT2D eigenvalue weighted by Crippen LogP contribution is 2.31. The molecule has 1 aromatic carbocycles. The second-order valence-electron chi connectivity index (χ2n) is 5.78. The Morgan fingerprint density at radius 2 is 1.95 bits per heavy atom. The van der Waals surface area contributed by atoms with Gasteiger partial charge < -0.3 is 15.2 Å². The average Bonchev–Trinajstić information content (AvgIpc) is 2.89. The van der Waals surface area contributed by atoms with Gasteiger partial charge in [-0.05, 0) is 56.0 Å². The van der Waals surface area contributed by atoms with Gasteiger partial charge in [-0.25, -0.2) is 0 Å². The molecule has 0 aromatic heterocycles. The molecule has 2 atom stereocenters. The van der Waals surface area contributed by atoms with E-state index in [2.05, 4.69) is 24.8 Å². The fraction of sp³-hybridized carbons (Fsp3) is 0.625. The van der Waals surface area contributed by atoms with Crippen LogP contribution in [0.15, 0.2) is 12.1 Å². The minimum Gasteiger partial charge on any atom is -0.493 e. The number of hydrogen-bond donors (Lipinski definition) is 1. The number of rotatable bonds is 5. The van der Waals surface area contributed by atoms with E-state index in [0.717, 1.165) is 31.1 Å². The summed E-state index contributed by atoms with van der Waals surface area (Å²) >= 11 is 0. The van der Waals surface area contributed by atoms with Gasteiger partial charge >= 0.3 is 0 Å². The lowest BCUT2D eigenvalue weighted by Crippen LogP contribution is -2.29. The Morgan fingerprint density at radius 1 is 1.30 bits per heavy atom. The summed E-state index contributed by atoms with van der Waals surface area (Å²) in [6.07, 6.45) is 1.20. The van der Waals surface area contributed by atoms with E-state index in [4.69, 9.17) is 15.2 Å². The Balaban J connectivity index is 2.10. The van der Waals surface area contributed by atoms with E-state index in [9.17, 15) is 0 Å². The van der Waals surface area contributed by atoms with Crippen molar-refractivity contribution in [3.8, 4) is 11.5 Å². The van der Waals surface area contributed by atoms with Crippen LogP contribution in [0.25, 0.3) is 0 Å². The molecule has 0 amide bonds. The minimum atomic E-state index is 0.284. The maximum atomic E-state index is 6.00. The van der Waals surface area contributed by atoms with E-state index in [0.29, 0.717) is 5.92 Å². The quantitative estimate of drug-likeness (QED) is 0.897. The van der Waals surface area contributed by atoms with Gasteiger partial charge in [0.25, 0.3) is 0 Å². The molecular weight excluding hydrogens is 252 g/mol. The van der Waals surface area contributed by atoms with Crippen molar-refractivity contribution in [1.82, 2.24) is 4.90 Å². The van der Waals surface area contributed by atoms with Crippen molar-refractivity contribution < 1.29 is 9.47 Å². The molecule has 0 bridgehead atoms. The maximum absolute atomic E-state index is 6.00. The smallest absolute Gasteiger partial charge is 0.161 e. The van der Waals surface area contributed by atoms with Crippen molar-refractivity contribution in [2.45, 2.75) is 32.9 Å². The van der Waals surface area contributed by atoms with Gasteiger partial charge in [-0.15, -0.1) is 0 Å². The zero-order valence-corrected chi connectivity index (χ0v) is 13.0. The number of hydrogen-bond acceptors (Lipinski definition) is 4. The Morgan fingerprint density at radius 3 is 2.50 bits per heavy atom. The third kappa shape index (κ3) is 3.25. The van der Waals surface area contributed by atoms with Crippen molar-refractivity contribution in [3.63, 3.8) is 0 Å². The molecule has 4 nitrogen and oxygen atoms in total. The molecule has 0 saturated carbocycles. The van der Waals surface area contributed by atoms with Gasteiger partial charge in [0, 0.05) is 19.1 Å². The molecule has 4 heteroatoms. The number of ether oxygens (including phenoxy) is 2. The molecule has 0 aliphatic carbocycles. The summed E-state index contributed by atoms with van der Waals surface area (Å²) in [5, 5.41) is 0. The first-order chi connectivity index (χ1) is 9.55. The molecule has 1 fully saturated rings. The summed E-state index contributed by atoms with van der Waals surface area (Å²) in [7, 11) is 3.35. The topological polar surface area (TPSA) is 47.7 Å². The van der Waals surface area contributed by atoms with Gasteiger partial charge in [-0.3, -0.25) is 4.90 Å². The summed E-state index contributed by atoms with van der Waals surface area (Å²) in [4.78, 5) is 2.47. The summed E-state index contributed by atoms with van der Waals surface area (Å²) in [6, 6.07) is 4.42. The highest BCUT2D eigenvalue weighted by Gasteiger charge is 2.25. The third-order valence-corrected chi connectivity index (χ3v) is 4.29. The van der Waals surface area contributed by atoms with Crippen molar-refractivity contribution >= 4 is 0 Å². The number of benzene rings is 1. The first-order valence-electron chi connectivity index (χ1n) is 7.24. The van der Waals surface area contributed by atoms with E-state index >= 15 is 0 Å². The minimum absolute atomic E-state index is 0.284. The Labute approximate surface area is 121 Å². The van der Waals surface area contributed by atoms with Crippen LogP contribution in [-0.2, 0) is 6.54 Å². The predicted octanol–water partition coefficient (Wildman–Crippen LogP) is 2.18. The molecule has 0 spiro atoms. The van der Waals surface area contributed by atoms with Crippen LogP contribution in [0.2, 0.25) is 0 Å². The van der Waals surface area contributed by atoms with Gasteiger partial charge in [0.1, 0.15) is 0 Å². The molecular formula is C16H26N2O2. The van der Waals surface area contributed by atoms with Crippen LogP contribution < -0.4 is 15.2 Å².